The van der Waals surface area contributed by atoms with E-state index >= 15 is 0 Å². The van der Waals surface area contributed by atoms with Crippen molar-refractivity contribution in [3.05, 3.63) is 65.7 Å². The Morgan fingerprint density at radius 1 is 1.03 bits per heavy atom. The molecule has 1 heterocycles. The third kappa shape index (κ3) is 6.67. The molecule has 8 heteroatoms. The minimum Gasteiger partial charge on any atom is -0.325 e. The summed E-state index contributed by atoms with van der Waals surface area (Å²) in [5, 5.41) is 14.0. The van der Waals surface area contributed by atoms with Gasteiger partial charge in [0.2, 0.25) is 16.9 Å². The highest BCUT2D eigenvalue weighted by atomic mass is 32.2. The lowest BCUT2D eigenvalue weighted by Gasteiger charge is -2.13. The van der Waals surface area contributed by atoms with Crippen LogP contribution in [0.3, 0.4) is 0 Å². The first-order chi connectivity index (χ1) is 14.5. The highest BCUT2D eigenvalue weighted by Gasteiger charge is 2.21. The van der Waals surface area contributed by atoms with Crippen molar-refractivity contribution in [1.82, 2.24) is 10.2 Å². The lowest BCUT2D eigenvalue weighted by Crippen LogP contribution is -2.24. The highest BCUT2D eigenvalue weighted by molar-refractivity contribution is 8.02. The number of aryl methyl sites for hydroxylation is 2. The van der Waals surface area contributed by atoms with Gasteiger partial charge in [0, 0.05) is 12.1 Å². The highest BCUT2D eigenvalue weighted by Crippen LogP contribution is 2.31. The number of aromatic nitrogens is 2. The molecule has 1 aromatic heterocycles. The molecule has 3 rings (SSSR count). The van der Waals surface area contributed by atoms with E-state index in [1.165, 1.54) is 23.1 Å². The standard InChI is InChI=1S/C22H24N4O2S2/c1-3-18(20(28)23-17-12-9-15(2)10-13-17)29-22-26-25-21(30-22)24-19(27)14-11-16-7-5-4-6-8-16/h4-10,12-13,18H,3,11,14H2,1-2H3,(H,23,28)(H,24,25,27). The van der Waals surface area contributed by atoms with Gasteiger partial charge in [-0.25, -0.2) is 0 Å². The number of nitrogens with one attached hydrogen (secondary N) is 2. The van der Waals surface area contributed by atoms with Gasteiger partial charge in [-0.15, -0.1) is 10.2 Å². The normalized spacial score (nSPS) is 11.7. The second-order valence-electron chi connectivity index (χ2n) is 6.78. The van der Waals surface area contributed by atoms with Crippen molar-refractivity contribution in [2.45, 2.75) is 42.7 Å². The van der Waals surface area contributed by atoms with Crippen LogP contribution in [0.1, 0.15) is 30.9 Å². The molecule has 1 unspecified atom stereocenters. The molecule has 6 nitrogen and oxygen atoms in total. The van der Waals surface area contributed by atoms with Crippen molar-refractivity contribution in [1.29, 1.82) is 0 Å². The van der Waals surface area contributed by atoms with Crippen LogP contribution in [0, 0.1) is 6.92 Å². The van der Waals surface area contributed by atoms with E-state index in [-0.39, 0.29) is 17.1 Å². The summed E-state index contributed by atoms with van der Waals surface area (Å²) in [6, 6.07) is 17.6. The van der Waals surface area contributed by atoms with Crippen molar-refractivity contribution < 1.29 is 9.59 Å². The van der Waals surface area contributed by atoms with Gasteiger partial charge in [0.05, 0.1) is 5.25 Å². The Morgan fingerprint density at radius 2 is 1.77 bits per heavy atom. The van der Waals surface area contributed by atoms with Crippen LogP contribution < -0.4 is 10.6 Å². The van der Waals surface area contributed by atoms with Crippen molar-refractivity contribution in [2.75, 3.05) is 10.6 Å². The van der Waals surface area contributed by atoms with Crippen molar-refractivity contribution in [2.24, 2.45) is 0 Å². The summed E-state index contributed by atoms with van der Waals surface area (Å²) in [7, 11) is 0. The van der Waals surface area contributed by atoms with Crippen LogP contribution in [0.2, 0.25) is 0 Å². The quantitative estimate of drug-likeness (QED) is 0.364. The van der Waals surface area contributed by atoms with Crippen LogP contribution in [0.5, 0.6) is 0 Å². The molecule has 0 aliphatic rings. The van der Waals surface area contributed by atoms with Gasteiger partial charge < -0.3 is 10.6 Å². The van der Waals surface area contributed by atoms with Crippen LogP contribution >= 0.6 is 23.1 Å². The van der Waals surface area contributed by atoms with E-state index < -0.39 is 0 Å². The van der Waals surface area contributed by atoms with Gasteiger partial charge in [-0.1, -0.05) is 78.1 Å². The molecule has 156 valence electrons. The first-order valence-corrected chi connectivity index (χ1v) is 11.4. The molecule has 0 saturated carbocycles. The van der Waals surface area contributed by atoms with E-state index in [4.69, 9.17) is 0 Å². The fourth-order valence-electron chi connectivity index (χ4n) is 2.70. The zero-order chi connectivity index (χ0) is 21.3. The minimum absolute atomic E-state index is 0.0741. The average Bonchev–Trinajstić information content (AvgIpc) is 3.19. The van der Waals surface area contributed by atoms with Crippen LogP contribution in [0.25, 0.3) is 0 Å². The van der Waals surface area contributed by atoms with Gasteiger partial charge in [-0.2, -0.15) is 0 Å². The first kappa shape index (κ1) is 22.0. The number of anilines is 2. The molecule has 0 aliphatic heterocycles. The summed E-state index contributed by atoms with van der Waals surface area (Å²) in [6.07, 6.45) is 1.70. The molecular formula is C22H24N4O2S2. The SMILES string of the molecule is CCC(Sc1nnc(NC(=O)CCc2ccccc2)s1)C(=O)Nc1ccc(C)cc1. The second-order valence-corrected chi connectivity index (χ2v) is 9.20. The number of benzene rings is 2. The zero-order valence-electron chi connectivity index (χ0n) is 16.9. The molecule has 1 atom stereocenters. The summed E-state index contributed by atoms with van der Waals surface area (Å²) < 4.78 is 0.652. The molecule has 2 aromatic carbocycles. The molecule has 3 aromatic rings. The smallest absolute Gasteiger partial charge is 0.237 e. The predicted molar refractivity (Wildman–Crippen MR) is 123 cm³/mol. The summed E-state index contributed by atoms with van der Waals surface area (Å²) in [5.74, 6) is -0.175. The zero-order valence-corrected chi connectivity index (χ0v) is 18.6. The number of rotatable bonds is 9. The van der Waals surface area contributed by atoms with Crippen LogP contribution in [0.4, 0.5) is 10.8 Å². The van der Waals surface area contributed by atoms with Crippen LogP contribution in [-0.4, -0.2) is 27.3 Å². The molecule has 30 heavy (non-hydrogen) atoms. The van der Waals surface area contributed by atoms with Gasteiger partial charge in [0.25, 0.3) is 0 Å². The van der Waals surface area contributed by atoms with Gasteiger partial charge in [-0.3, -0.25) is 9.59 Å². The molecule has 0 spiro atoms. The number of hydrogen-bond donors (Lipinski definition) is 2. The maximum Gasteiger partial charge on any atom is 0.237 e. The summed E-state index contributed by atoms with van der Waals surface area (Å²) in [5.41, 5.74) is 3.03. The molecular weight excluding hydrogens is 416 g/mol. The Balaban J connectivity index is 1.50. The summed E-state index contributed by atoms with van der Waals surface area (Å²) in [6.45, 7) is 3.96. The summed E-state index contributed by atoms with van der Waals surface area (Å²) in [4.78, 5) is 24.8. The number of nitrogens with zero attached hydrogens (tertiary/aromatic N) is 2. The van der Waals surface area contributed by atoms with Gasteiger partial charge in [-0.05, 0) is 37.5 Å². The van der Waals surface area contributed by atoms with Crippen molar-refractivity contribution in [3.8, 4) is 0 Å². The molecule has 2 N–H and O–H groups in total. The van der Waals surface area contributed by atoms with E-state index in [9.17, 15) is 9.59 Å². The Kier molecular flexibility index (Phi) is 7.98. The van der Waals surface area contributed by atoms with Gasteiger partial charge >= 0.3 is 0 Å². The molecule has 0 saturated heterocycles. The fraction of sp³-hybridized carbons (Fsp3) is 0.273. The van der Waals surface area contributed by atoms with E-state index in [1.54, 1.807) is 0 Å². The maximum atomic E-state index is 12.6. The van der Waals surface area contributed by atoms with Gasteiger partial charge in [0.1, 0.15) is 0 Å². The Bertz CT molecular complexity index is 974. The maximum absolute atomic E-state index is 12.6. The second kappa shape index (κ2) is 10.9. The monoisotopic (exact) mass is 440 g/mol. The summed E-state index contributed by atoms with van der Waals surface area (Å²) >= 11 is 2.64. The number of hydrogen-bond acceptors (Lipinski definition) is 6. The lowest BCUT2D eigenvalue weighted by molar-refractivity contribution is -0.116. The van der Waals surface area contributed by atoms with Gasteiger partial charge in [0.15, 0.2) is 4.34 Å². The van der Waals surface area contributed by atoms with E-state index in [0.717, 1.165) is 16.8 Å². The number of thioether (sulfide) groups is 1. The average molecular weight is 441 g/mol. The fourth-order valence-corrected chi connectivity index (χ4v) is 4.63. The van der Waals surface area contributed by atoms with E-state index in [1.807, 2.05) is 68.4 Å². The molecule has 2 amide bonds. The minimum atomic E-state index is -0.291. The van der Waals surface area contributed by atoms with Crippen molar-refractivity contribution >= 4 is 45.7 Å². The van der Waals surface area contributed by atoms with Crippen LogP contribution in [0.15, 0.2) is 58.9 Å². The van der Waals surface area contributed by atoms with Crippen LogP contribution in [-0.2, 0) is 16.0 Å². The third-order valence-corrected chi connectivity index (χ3v) is 6.65. The molecule has 0 bridgehead atoms. The predicted octanol–water partition coefficient (Wildman–Crippen LogP) is 4.93. The Morgan fingerprint density at radius 3 is 2.47 bits per heavy atom. The molecule has 0 fully saturated rings. The Labute approximate surface area is 184 Å². The first-order valence-electron chi connectivity index (χ1n) is 9.75. The third-order valence-electron chi connectivity index (χ3n) is 4.36. The lowest BCUT2D eigenvalue weighted by atomic mass is 10.1. The van der Waals surface area contributed by atoms with E-state index in [2.05, 4.69) is 20.8 Å². The van der Waals surface area contributed by atoms with E-state index in [0.29, 0.717) is 28.7 Å². The number of carbonyl (C=O) groups excluding carboxylic acids is 2. The molecule has 0 radical (unpaired) electrons. The number of carbonyl (C=O) groups is 2. The largest absolute Gasteiger partial charge is 0.325 e. The number of amides is 2. The molecule has 0 aliphatic carbocycles. The Hall–Kier alpha value is -2.71. The topological polar surface area (TPSA) is 84.0 Å². The van der Waals surface area contributed by atoms with Crippen molar-refractivity contribution in [3.63, 3.8) is 0 Å².